The van der Waals surface area contributed by atoms with E-state index in [4.69, 9.17) is 42.4 Å². The lowest BCUT2D eigenvalue weighted by Gasteiger charge is -2.36. The van der Waals surface area contributed by atoms with Crippen LogP contribution >= 0.6 is 0 Å². The van der Waals surface area contributed by atoms with E-state index in [0.29, 0.717) is 12.5 Å². The average Bonchev–Trinajstić information content (AvgIpc) is 2.79. The van der Waals surface area contributed by atoms with Crippen molar-refractivity contribution >= 4 is 83.6 Å². The molecule has 0 amide bonds. The Morgan fingerprint density at radius 1 is 0.605 bits per heavy atom. The molecular formula is C20H38O10Si8. The molecule has 0 N–H and O–H groups in total. The van der Waals surface area contributed by atoms with E-state index in [1.807, 2.05) is 88.8 Å². The largest absolute Gasteiger partial charge is 0.491 e. The van der Waals surface area contributed by atoms with Gasteiger partial charge in [0.1, 0.15) is 24.0 Å². The van der Waals surface area contributed by atoms with E-state index < -0.39 is 72.8 Å². The summed E-state index contributed by atoms with van der Waals surface area (Å²) in [6, 6.07) is 11.9. The fourth-order valence-electron chi connectivity index (χ4n) is 4.60. The Labute approximate surface area is 237 Å². The average molecular weight is 663 g/mol. The highest BCUT2D eigenvalue weighted by molar-refractivity contribution is 6.82. The Hall–Kier alpha value is -0.285. The van der Waals surface area contributed by atoms with Gasteiger partial charge >= 0.3 is 72.8 Å². The lowest BCUT2D eigenvalue weighted by molar-refractivity contribution is 0.240. The molecule has 2 aromatic carbocycles. The molecule has 0 saturated carbocycles. The van der Waals surface area contributed by atoms with Crippen LogP contribution in [0.2, 0.25) is 52.4 Å². The summed E-state index contributed by atoms with van der Waals surface area (Å²) in [5, 5.41) is 1.91. The van der Waals surface area contributed by atoms with Crippen molar-refractivity contribution in [3.63, 3.8) is 0 Å². The van der Waals surface area contributed by atoms with Crippen LogP contribution in [0.25, 0.3) is 10.8 Å². The summed E-state index contributed by atoms with van der Waals surface area (Å²) in [5.74, 6) is 1.51. The molecule has 0 spiro atoms. The van der Waals surface area contributed by atoms with Gasteiger partial charge < -0.3 is 42.4 Å². The highest BCUT2D eigenvalue weighted by Crippen LogP contribution is 2.34. The second-order valence-corrected chi connectivity index (χ2v) is 28.8. The molecular weight excluding hydrogens is 625 g/mol. The molecule has 10 nitrogen and oxygen atoms in total. The summed E-state index contributed by atoms with van der Waals surface area (Å²) in [7, 11) is -15.3. The van der Waals surface area contributed by atoms with Crippen LogP contribution < -0.4 is 9.47 Å². The van der Waals surface area contributed by atoms with Crippen molar-refractivity contribution in [2.75, 3.05) is 12.5 Å². The first kappa shape index (κ1) is 30.7. The maximum Gasteiger partial charge on any atom is 0.361 e. The van der Waals surface area contributed by atoms with Gasteiger partial charge in [-0.15, -0.1) is 0 Å². The summed E-state index contributed by atoms with van der Waals surface area (Å²) in [6.07, 6.45) is 0.700. The van der Waals surface area contributed by atoms with Gasteiger partial charge in [-0.3, -0.25) is 0 Å². The molecule has 0 aliphatic carbocycles. The first-order valence-electron chi connectivity index (χ1n) is 12.8. The predicted molar refractivity (Wildman–Crippen MR) is 162 cm³/mol. The molecule has 2 aromatic rings. The Balaban J connectivity index is 1.48. The van der Waals surface area contributed by atoms with E-state index in [1.165, 1.54) is 0 Å². The molecule has 210 valence electrons. The van der Waals surface area contributed by atoms with Gasteiger partial charge in [0.25, 0.3) is 0 Å². The molecule has 2 saturated heterocycles. The summed E-state index contributed by atoms with van der Waals surface area (Å²) >= 11 is 0. The minimum atomic E-state index is -2.64. The number of hydrogen-bond donors (Lipinski definition) is 0. The number of rotatable bonds is 6. The van der Waals surface area contributed by atoms with E-state index in [1.54, 1.807) is 0 Å². The lowest BCUT2D eigenvalue weighted by atomic mass is 10.1. The van der Waals surface area contributed by atoms with Crippen molar-refractivity contribution in [3.8, 4) is 11.5 Å². The molecule has 38 heavy (non-hydrogen) atoms. The van der Waals surface area contributed by atoms with Gasteiger partial charge in [0, 0.05) is 10.8 Å². The SMILES string of the molecule is C[Si]1O[SiH](C)O[Si](C)(COc2ccc(OC[Si]3(C)O[SiH](C)O[Si](C)O[SiH](C)O3)c3ccccc23)O[SiH](C)O1. The summed E-state index contributed by atoms with van der Waals surface area (Å²) < 4.78 is 62.2. The van der Waals surface area contributed by atoms with Crippen LogP contribution in [0.3, 0.4) is 0 Å². The molecule has 2 aliphatic rings. The Bertz CT molecular complexity index is 975. The van der Waals surface area contributed by atoms with Crippen molar-refractivity contribution in [3.05, 3.63) is 36.4 Å². The van der Waals surface area contributed by atoms with Crippen LogP contribution in [0.5, 0.6) is 11.5 Å². The third-order valence-corrected chi connectivity index (χ3v) is 31.1. The van der Waals surface area contributed by atoms with Crippen molar-refractivity contribution in [2.24, 2.45) is 0 Å². The molecule has 4 rings (SSSR count). The quantitative estimate of drug-likeness (QED) is 0.430. The number of hydrogen-bond acceptors (Lipinski definition) is 10. The molecule has 2 aliphatic heterocycles. The van der Waals surface area contributed by atoms with Gasteiger partial charge in [0.2, 0.25) is 0 Å². The Kier molecular flexibility index (Phi) is 10.6. The fourth-order valence-corrected chi connectivity index (χ4v) is 30.6. The van der Waals surface area contributed by atoms with E-state index in [0.717, 1.165) is 22.3 Å². The number of fused-ring (bicyclic) bond motifs is 1. The Morgan fingerprint density at radius 3 is 1.24 bits per heavy atom. The number of benzene rings is 2. The first-order valence-corrected chi connectivity index (χ1v) is 29.8. The monoisotopic (exact) mass is 662 g/mol. The van der Waals surface area contributed by atoms with Gasteiger partial charge in [-0.2, -0.15) is 0 Å². The maximum atomic E-state index is 6.37. The molecule has 2 fully saturated rings. The molecule has 2 radical (unpaired) electrons. The zero-order valence-corrected chi connectivity index (χ0v) is 31.9. The molecule has 0 bridgehead atoms. The summed E-state index contributed by atoms with van der Waals surface area (Å²) in [5.41, 5.74) is 0. The van der Waals surface area contributed by atoms with E-state index in [2.05, 4.69) is 0 Å². The molecule has 0 aromatic heterocycles. The zero-order valence-electron chi connectivity index (χ0n) is 23.3. The topological polar surface area (TPSA) is 92.3 Å². The molecule has 18 heteroatoms. The van der Waals surface area contributed by atoms with Crippen molar-refractivity contribution in [1.29, 1.82) is 0 Å². The second-order valence-electron chi connectivity index (χ2n) is 9.65. The van der Waals surface area contributed by atoms with Gasteiger partial charge in [0.05, 0.1) is 0 Å². The van der Waals surface area contributed by atoms with Crippen LogP contribution in [-0.2, 0) is 32.9 Å². The van der Waals surface area contributed by atoms with Crippen LogP contribution in [-0.4, -0.2) is 85.3 Å². The van der Waals surface area contributed by atoms with Gasteiger partial charge in [-0.1, -0.05) is 24.3 Å². The fraction of sp³-hybridized carbons (Fsp3) is 0.500. The van der Waals surface area contributed by atoms with Gasteiger partial charge in [-0.05, 0) is 64.5 Å². The third kappa shape index (κ3) is 8.37. The minimum absolute atomic E-state index is 0.350. The highest BCUT2D eigenvalue weighted by Gasteiger charge is 2.42. The highest BCUT2D eigenvalue weighted by atomic mass is 28.5. The van der Waals surface area contributed by atoms with Crippen LogP contribution in [0.4, 0.5) is 0 Å². The van der Waals surface area contributed by atoms with E-state index in [-0.39, 0.29) is 0 Å². The normalized spacial score (nSPS) is 34.2. The van der Waals surface area contributed by atoms with Gasteiger partial charge in [-0.25, -0.2) is 0 Å². The van der Waals surface area contributed by atoms with Crippen molar-refractivity contribution < 1.29 is 42.4 Å². The van der Waals surface area contributed by atoms with Crippen LogP contribution in [0, 0.1) is 0 Å². The zero-order chi connectivity index (χ0) is 27.5. The predicted octanol–water partition coefficient (Wildman–Crippen LogP) is 2.62. The Morgan fingerprint density at radius 2 is 0.921 bits per heavy atom. The summed E-state index contributed by atoms with van der Waals surface area (Å²) in [6.45, 7) is 16.1. The van der Waals surface area contributed by atoms with Crippen LogP contribution in [0.1, 0.15) is 0 Å². The third-order valence-electron chi connectivity index (χ3n) is 5.81. The molecule has 4 atom stereocenters. The molecule has 2 heterocycles. The van der Waals surface area contributed by atoms with E-state index >= 15 is 0 Å². The van der Waals surface area contributed by atoms with Crippen LogP contribution in [0.15, 0.2) is 36.4 Å². The van der Waals surface area contributed by atoms with Crippen molar-refractivity contribution in [1.82, 2.24) is 0 Å². The lowest BCUT2D eigenvalue weighted by Crippen LogP contribution is -2.56. The standard InChI is InChI=1S/C20H38O10Si8/c1-31-23-33(3)27-37(7,28-34(4)24-31)15-21-19-13-14-20(18-12-10-9-11-17(18)19)22-16-38(8)29-35(5)25-32(2)26-36(6)30-38/h9-14,33-36H,15-16H2,1-8H3. The minimum Gasteiger partial charge on any atom is -0.491 e. The van der Waals surface area contributed by atoms with Gasteiger partial charge in [0.15, 0.2) is 0 Å². The summed E-state index contributed by atoms with van der Waals surface area (Å²) in [4.78, 5) is 0. The smallest absolute Gasteiger partial charge is 0.361 e. The molecule has 4 unspecified atom stereocenters. The number of ether oxygens (including phenoxy) is 2. The second kappa shape index (κ2) is 13.1. The maximum absolute atomic E-state index is 6.37. The van der Waals surface area contributed by atoms with Crippen molar-refractivity contribution in [2.45, 2.75) is 52.4 Å². The van der Waals surface area contributed by atoms with E-state index in [9.17, 15) is 0 Å². The first-order chi connectivity index (χ1) is 17.9.